The van der Waals surface area contributed by atoms with Gasteiger partial charge in [-0.05, 0) is 61.3 Å². The Hall–Kier alpha value is -2.37. The number of ether oxygens (including phenoxy) is 1. The molecule has 2 amide bonds. The van der Waals surface area contributed by atoms with Gasteiger partial charge in [0.25, 0.3) is 5.91 Å². The van der Waals surface area contributed by atoms with E-state index < -0.39 is 5.41 Å². The lowest BCUT2D eigenvalue weighted by atomic mass is 9.43. The summed E-state index contributed by atoms with van der Waals surface area (Å²) < 4.78 is 5.58. The topological polar surface area (TPSA) is 66.9 Å². The number of amides is 2. The molecule has 4 aliphatic carbocycles. The van der Waals surface area contributed by atoms with E-state index in [0.717, 1.165) is 32.1 Å². The second-order valence-corrected chi connectivity index (χ2v) is 10.0. The molecule has 4 saturated carbocycles. The number of likely N-dealkylation sites (N-methyl/N-ethyl adjacent to an activating group) is 2. The molecule has 30 heavy (non-hydrogen) atoms. The summed E-state index contributed by atoms with van der Waals surface area (Å²) in [5.41, 5.74) is 0.927. The average molecular weight is 413 g/mol. The molecule has 0 radical (unpaired) electrons. The van der Waals surface area contributed by atoms with Gasteiger partial charge >= 0.3 is 5.97 Å². The molecule has 0 aliphatic heterocycles. The highest BCUT2D eigenvalue weighted by atomic mass is 16.5. The highest BCUT2D eigenvalue weighted by Crippen LogP contribution is 2.66. The van der Waals surface area contributed by atoms with E-state index >= 15 is 0 Å². The largest absolute Gasteiger partial charge is 0.455 e. The molecular weight excluding hydrogens is 380 g/mol. The summed E-state index contributed by atoms with van der Waals surface area (Å²) in [7, 11) is 4.86. The SMILES string of the molecule is CN(C)C(=O)CN(C)C(=O)COC(=O)C12C[C@H]3C[C@@H](C1)CC(c1ccccc1)(C3)C2. The van der Waals surface area contributed by atoms with Gasteiger partial charge in [-0.25, -0.2) is 0 Å². The zero-order valence-corrected chi connectivity index (χ0v) is 18.2. The van der Waals surface area contributed by atoms with Gasteiger partial charge in [0.05, 0.1) is 12.0 Å². The van der Waals surface area contributed by atoms with Crippen LogP contribution in [0, 0.1) is 17.3 Å². The zero-order chi connectivity index (χ0) is 21.5. The van der Waals surface area contributed by atoms with Crippen LogP contribution in [-0.4, -0.2) is 61.9 Å². The number of hydrogen-bond acceptors (Lipinski definition) is 4. The smallest absolute Gasteiger partial charge is 0.312 e. The van der Waals surface area contributed by atoms with Crippen molar-refractivity contribution in [3.05, 3.63) is 35.9 Å². The van der Waals surface area contributed by atoms with Crippen molar-refractivity contribution in [2.75, 3.05) is 34.3 Å². The first kappa shape index (κ1) is 20.9. The Kier molecular flexibility index (Phi) is 5.37. The van der Waals surface area contributed by atoms with Gasteiger partial charge < -0.3 is 14.5 Å². The van der Waals surface area contributed by atoms with Gasteiger partial charge in [0.2, 0.25) is 5.91 Å². The lowest BCUT2D eigenvalue weighted by molar-refractivity contribution is -0.176. The summed E-state index contributed by atoms with van der Waals surface area (Å²) in [5.74, 6) is 0.367. The first-order chi connectivity index (χ1) is 14.2. The van der Waals surface area contributed by atoms with Gasteiger partial charge in [-0.3, -0.25) is 14.4 Å². The number of hydrogen-bond donors (Lipinski definition) is 0. The molecule has 6 heteroatoms. The van der Waals surface area contributed by atoms with E-state index in [-0.39, 0.29) is 36.4 Å². The highest BCUT2D eigenvalue weighted by molar-refractivity contribution is 5.87. The number of benzene rings is 1. The molecule has 0 N–H and O–H groups in total. The number of carbonyl (C=O) groups is 3. The molecule has 0 saturated heterocycles. The van der Waals surface area contributed by atoms with Crippen molar-refractivity contribution in [1.82, 2.24) is 9.80 Å². The van der Waals surface area contributed by atoms with E-state index in [2.05, 4.69) is 24.3 Å². The van der Waals surface area contributed by atoms with Gasteiger partial charge in [-0.2, -0.15) is 0 Å². The predicted octanol–water partition coefficient (Wildman–Crippen LogP) is 2.61. The molecule has 4 fully saturated rings. The van der Waals surface area contributed by atoms with Crippen LogP contribution >= 0.6 is 0 Å². The van der Waals surface area contributed by atoms with Crippen LogP contribution in [0.3, 0.4) is 0 Å². The Bertz CT molecular complexity index is 821. The van der Waals surface area contributed by atoms with Crippen LogP contribution in [0.4, 0.5) is 0 Å². The quantitative estimate of drug-likeness (QED) is 0.674. The molecule has 2 unspecified atom stereocenters. The van der Waals surface area contributed by atoms with E-state index in [1.165, 1.54) is 21.8 Å². The Balaban J connectivity index is 1.44. The van der Waals surface area contributed by atoms with Crippen molar-refractivity contribution in [2.45, 2.75) is 43.9 Å². The molecule has 5 rings (SSSR count). The number of carbonyl (C=O) groups excluding carboxylic acids is 3. The number of rotatable bonds is 6. The fourth-order valence-corrected chi connectivity index (χ4v) is 6.45. The Labute approximate surface area is 178 Å². The van der Waals surface area contributed by atoms with Crippen molar-refractivity contribution in [3.8, 4) is 0 Å². The third-order valence-electron chi connectivity index (χ3n) is 7.50. The minimum atomic E-state index is -0.474. The molecule has 1 aromatic rings. The fourth-order valence-electron chi connectivity index (χ4n) is 6.45. The second kappa shape index (κ2) is 7.71. The maximum Gasteiger partial charge on any atom is 0.312 e. The van der Waals surface area contributed by atoms with E-state index in [9.17, 15) is 14.4 Å². The Morgan fingerprint density at radius 2 is 1.60 bits per heavy atom. The van der Waals surface area contributed by atoms with Gasteiger partial charge in [0.1, 0.15) is 0 Å². The number of esters is 1. The lowest BCUT2D eigenvalue weighted by Crippen LogP contribution is -2.57. The van der Waals surface area contributed by atoms with Crippen molar-refractivity contribution < 1.29 is 19.1 Å². The van der Waals surface area contributed by atoms with Crippen LogP contribution < -0.4 is 0 Å². The molecular formula is C24H32N2O4. The van der Waals surface area contributed by atoms with Crippen molar-refractivity contribution in [2.24, 2.45) is 17.3 Å². The first-order valence-corrected chi connectivity index (χ1v) is 10.9. The summed E-state index contributed by atoms with van der Waals surface area (Å²) >= 11 is 0. The lowest BCUT2D eigenvalue weighted by Gasteiger charge is -2.61. The molecule has 0 spiro atoms. The van der Waals surface area contributed by atoms with Crippen LogP contribution in [0.25, 0.3) is 0 Å². The van der Waals surface area contributed by atoms with Gasteiger partial charge in [0.15, 0.2) is 6.61 Å². The molecule has 0 heterocycles. The standard InChI is InChI=1S/C24H32N2O4/c1-25(2)20(27)14-26(3)21(28)15-30-22(29)24-12-17-9-18(13-24)11-23(10-17,16-24)19-7-5-4-6-8-19/h4-8,17-18H,9-16H2,1-3H3/t17-,18+,23?,24?. The molecule has 4 aliphatic rings. The van der Waals surface area contributed by atoms with Crippen molar-refractivity contribution >= 4 is 17.8 Å². The molecule has 162 valence electrons. The molecule has 4 bridgehead atoms. The van der Waals surface area contributed by atoms with E-state index in [0.29, 0.717) is 11.8 Å². The Morgan fingerprint density at radius 3 is 2.20 bits per heavy atom. The summed E-state index contributed by atoms with van der Waals surface area (Å²) in [6, 6.07) is 10.6. The maximum absolute atomic E-state index is 13.3. The minimum Gasteiger partial charge on any atom is -0.455 e. The molecule has 6 nitrogen and oxygen atoms in total. The first-order valence-electron chi connectivity index (χ1n) is 10.9. The fraction of sp³-hybridized carbons (Fsp3) is 0.625. The predicted molar refractivity (Wildman–Crippen MR) is 113 cm³/mol. The van der Waals surface area contributed by atoms with Crippen LogP contribution in [0.1, 0.15) is 44.1 Å². The van der Waals surface area contributed by atoms with Crippen LogP contribution in [-0.2, 0) is 24.5 Å². The van der Waals surface area contributed by atoms with Crippen LogP contribution in [0.15, 0.2) is 30.3 Å². The highest BCUT2D eigenvalue weighted by Gasteiger charge is 2.61. The monoisotopic (exact) mass is 412 g/mol. The van der Waals surface area contributed by atoms with E-state index in [4.69, 9.17) is 4.74 Å². The van der Waals surface area contributed by atoms with E-state index in [1.54, 1.807) is 21.1 Å². The summed E-state index contributed by atoms with van der Waals surface area (Å²) in [6.07, 6.45) is 6.07. The molecule has 4 atom stereocenters. The van der Waals surface area contributed by atoms with Gasteiger partial charge in [0, 0.05) is 21.1 Å². The molecule has 0 aromatic heterocycles. The average Bonchev–Trinajstić information content (AvgIpc) is 2.71. The summed E-state index contributed by atoms with van der Waals surface area (Å²) in [5, 5.41) is 0. The minimum absolute atomic E-state index is 0.0181. The number of nitrogens with zero attached hydrogens (tertiary/aromatic N) is 2. The maximum atomic E-state index is 13.3. The van der Waals surface area contributed by atoms with Crippen LogP contribution in [0.5, 0.6) is 0 Å². The van der Waals surface area contributed by atoms with Crippen molar-refractivity contribution in [1.29, 1.82) is 0 Å². The zero-order valence-electron chi connectivity index (χ0n) is 18.2. The summed E-state index contributed by atoms with van der Waals surface area (Å²) in [4.78, 5) is 40.2. The summed E-state index contributed by atoms with van der Waals surface area (Å²) in [6.45, 7) is -0.318. The van der Waals surface area contributed by atoms with Crippen LogP contribution in [0.2, 0.25) is 0 Å². The second-order valence-electron chi connectivity index (χ2n) is 10.0. The Morgan fingerprint density at radius 1 is 0.967 bits per heavy atom. The normalized spacial score (nSPS) is 31.3. The third kappa shape index (κ3) is 3.72. The van der Waals surface area contributed by atoms with Gasteiger partial charge in [-0.1, -0.05) is 30.3 Å². The van der Waals surface area contributed by atoms with E-state index in [1.807, 2.05) is 6.07 Å². The third-order valence-corrected chi connectivity index (χ3v) is 7.50. The van der Waals surface area contributed by atoms with Crippen molar-refractivity contribution in [3.63, 3.8) is 0 Å². The molecule has 1 aromatic carbocycles. The van der Waals surface area contributed by atoms with Gasteiger partial charge in [-0.15, -0.1) is 0 Å².